The molecule has 4 heteroatoms. The summed E-state index contributed by atoms with van der Waals surface area (Å²) in [6.45, 7) is 5.91. The molecule has 1 aromatic carbocycles. The van der Waals surface area contributed by atoms with E-state index >= 15 is 0 Å². The maximum atomic E-state index is 12.5. The van der Waals surface area contributed by atoms with Crippen LogP contribution in [0.1, 0.15) is 36.6 Å². The molecule has 1 heterocycles. The summed E-state index contributed by atoms with van der Waals surface area (Å²) in [5.41, 5.74) is 3.46. The molecule has 23 heavy (non-hydrogen) atoms. The third-order valence-corrected chi connectivity index (χ3v) is 5.05. The molecule has 1 aromatic heterocycles. The Morgan fingerprint density at radius 1 is 1.35 bits per heavy atom. The number of pyridine rings is 1. The summed E-state index contributed by atoms with van der Waals surface area (Å²) in [6, 6.07) is 8.00. The van der Waals surface area contributed by atoms with Crippen LogP contribution in [-0.2, 0) is 11.2 Å². The molecular weight excluding hydrogens is 288 g/mol. The molecule has 0 radical (unpaired) electrons. The van der Waals surface area contributed by atoms with Gasteiger partial charge in [-0.25, -0.2) is 0 Å². The van der Waals surface area contributed by atoms with Gasteiger partial charge in [0.05, 0.1) is 24.1 Å². The van der Waals surface area contributed by atoms with E-state index in [4.69, 9.17) is 0 Å². The Bertz CT molecular complexity index is 752. The largest absolute Gasteiger partial charge is 0.394 e. The lowest BCUT2D eigenvalue weighted by Crippen LogP contribution is -2.51. The van der Waals surface area contributed by atoms with E-state index in [1.54, 1.807) is 0 Å². The van der Waals surface area contributed by atoms with Crippen LogP contribution in [0.25, 0.3) is 10.9 Å². The average molecular weight is 312 g/mol. The molecule has 1 fully saturated rings. The highest BCUT2D eigenvalue weighted by Crippen LogP contribution is 2.39. The quantitative estimate of drug-likeness (QED) is 0.892. The van der Waals surface area contributed by atoms with Gasteiger partial charge < -0.3 is 10.4 Å². The minimum absolute atomic E-state index is 0.0165. The third kappa shape index (κ3) is 3.08. The van der Waals surface area contributed by atoms with Crippen molar-refractivity contribution in [1.82, 2.24) is 10.3 Å². The first-order valence-corrected chi connectivity index (χ1v) is 8.21. The molecule has 1 atom stereocenters. The maximum Gasteiger partial charge on any atom is 0.225 e. The minimum atomic E-state index is -0.497. The highest BCUT2D eigenvalue weighted by Gasteiger charge is 2.42. The van der Waals surface area contributed by atoms with E-state index in [0.29, 0.717) is 12.3 Å². The fourth-order valence-corrected chi connectivity index (χ4v) is 3.35. The zero-order chi connectivity index (χ0) is 16.6. The molecule has 1 aliphatic rings. The summed E-state index contributed by atoms with van der Waals surface area (Å²) in [4.78, 5) is 17.1. The number of amides is 1. The number of carbonyl (C=O) groups is 1. The molecule has 2 N–H and O–H groups in total. The number of aliphatic hydroxyl groups is 1. The molecular formula is C19H24N2O2. The molecule has 2 aromatic rings. The third-order valence-electron chi connectivity index (χ3n) is 5.05. The summed E-state index contributed by atoms with van der Waals surface area (Å²) in [6.07, 6.45) is 2.46. The van der Waals surface area contributed by atoms with Crippen LogP contribution in [0.5, 0.6) is 0 Å². The molecule has 0 unspecified atom stereocenters. The van der Waals surface area contributed by atoms with Gasteiger partial charge in [-0.05, 0) is 56.7 Å². The number of benzene rings is 1. The number of aromatic nitrogens is 1. The van der Waals surface area contributed by atoms with Crippen molar-refractivity contribution in [2.45, 2.75) is 45.6 Å². The zero-order valence-corrected chi connectivity index (χ0v) is 14.0. The minimum Gasteiger partial charge on any atom is -0.394 e. The average Bonchev–Trinajstić information content (AvgIpc) is 3.36. The smallest absolute Gasteiger partial charge is 0.225 e. The van der Waals surface area contributed by atoms with Crippen LogP contribution in [0.15, 0.2) is 24.3 Å². The zero-order valence-electron chi connectivity index (χ0n) is 14.0. The van der Waals surface area contributed by atoms with Crippen LogP contribution in [0.2, 0.25) is 0 Å². The fraction of sp³-hybridized carbons (Fsp3) is 0.474. The first-order valence-electron chi connectivity index (χ1n) is 8.21. The van der Waals surface area contributed by atoms with E-state index < -0.39 is 5.54 Å². The topological polar surface area (TPSA) is 62.2 Å². The number of aryl methyl sites for hydroxylation is 2. The van der Waals surface area contributed by atoms with Crippen LogP contribution in [-0.4, -0.2) is 28.1 Å². The molecule has 122 valence electrons. The van der Waals surface area contributed by atoms with Crippen LogP contribution in [0, 0.1) is 19.8 Å². The molecule has 0 bridgehead atoms. The standard InChI is InChI=1S/C19H24N2O2/c1-12-15-6-4-5-7-17(15)20-13(2)16(12)10-18(23)21-19(3,11-22)14-8-9-14/h4-7,14,22H,8-11H2,1-3H3,(H,21,23)/t19-/m1/s1. The second-order valence-corrected chi connectivity index (χ2v) is 6.89. The summed E-state index contributed by atoms with van der Waals surface area (Å²) in [5, 5.41) is 13.8. The predicted octanol–water partition coefficient (Wildman–Crippen LogP) is 2.67. The van der Waals surface area contributed by atoms with Crippen molar-refractivity contribution >= 4 is 16.8 Å². The second kappa shape index (κ2) is 5.93. The summed E-state index contributed by atoms with van der Waals surface area (Å²) >= 11 is 0. The summed E-state index contributed by atoms with van der Waals surface area (Å²) in [7, 11) is 0. The van der Waals surface area contributed by atoms with Crippen molar-refractivity contribution in [2.24, 2.45) is 5.92 Å². The molecule has 0 aliphatic heterocycles. The highest BCUT2D eigenvalue weighted by molar-refractivity contribution is 5.86. The Hall–Kier alpha value is -1.94. The molecule has 4 nitrogen and oxygen atoms in total. The Labute approximate surface area is 136 Å². The van der Waals surface area contributed by atoms with E-state index in [9.17, 15) is 9.90 Å². The van der Waals surface area contributed by atoms with Gasteiger partial charge >= 0.3 is 0 Å². The van der Waals surface area contributed by atoms with E-state index in [1.807, 2.05) is 45.0 Å². The van der Waals surface area contributed by atoms with Crippen LogP contribution >= 0.6 is 0 Å². The highest BCUT2D eigenvalue weighted by atomic mass is 16.3. The van der Waals surface area contributed by atoms with Crippen molar-refractivity contribution in [3.63, 3.8) is 0 Å². The number of para-hydroxylation sites is 1. The molecule has 1 aliphatic carbocycles. The van der Waals surface area contributed by atoms with Gasteiger partial charge in [0, 0.05) is 11.1 Å². The molecule has 0 spiro atoms. The van der Waals surface area contributed by atoms with Gasteiger partial charge in [-0.2, -0.15) is 0 Å². The molecule has 1 amide bonds. The monoisotopic (exact) mass is 312 g/mol. The van der Waals surface area contributed by atoms with Gasteiger partial charge in [-0.3, -0.25) is 9.78 Å². The number of nitrogens with one attached hydrogen (secondary N) is 1. The van der Waals surface area contributed by atoms with Crippen LogP contribution in [0.4, 0.5) is 0 Å². The Kier molecular flexibility index (Phi) is 4.11. The Morgan fingerprint density at radius 3 is 2.70 bits per heavy atom. The van der Waals surface area contributed by atoms with Crippen molar-refractivity contribution in [2.75, 3.05) is 6.61 Å². The van der Waals surface area contributed by atoms with Crippen molar-refractivity contribution in [3.8, 4) is 0 Å². The number of nitrogens with zero attached hydrogens (tertiary/aromatic N) is 1. The number of aliphatic hydroxyl groups excluding tert-OH is 1. The molecule has 1 saturated carbocycles. The van der Waals surface area contributed by atoms with E-state index in [0.717, 1.165) is 40.6 Å². The molecule has 0 saturated heterocycles. The van der Waals surface area contributed by atoms with Gasteiger partial charge in [0.15, 0.2) is 0 Å². The Balaban J connectivity index is 1.85. The van der Waals surface area contributed by atoms with E-state index in [2.05, 4.69) is 10.3 Å². The number of carbonyl (C=O) groups excluding carboxylic acids is 1. The normalized spacial score (nSPS) is 17.0. The lowest BCUT2D eigenvalue weighted by atomic mass is 9.95. The molecule has 3 rings (SSSR count). The predicted molar refractivity (Wildman–Crippen MR) is 91.3 cm³/mol. The number of hydrogen-bond donors (Lipinski definition) is 2. The van der Waals surface area contributed by atoms with Gasteiger partial charge in [-0.15, -0.1) is 0 Å². The van der Waals surface area contributed by atoms with Crippen LogP contribution in [0.3, 0.4) is 0 Å². The number of fused-ring (bicyclic) bond motifs is 1. The van der Waals surface area contributed by atoms with Crippen molar-refractivity contribution < 1.29 is 9.90 Å². The van der Waals surface area contributed by atoms with Gasteiger partial charge in [0.1, 0.15) is 0 Å². The van der Waals surface area contributed by atoms with Crippen molar-refractivity contribution in [3.05, 3.63) is 41.1 Å². The summed E-state index contributed by atoms with van der Waals surface area (Å²) < 4.78 is 0. The first-order chi connectivity index (χ1) is 10.9. The van der Waals surface area contributed by atoms with E-state index in [1.165, 1.54) is 0 Å². The second-order valence-electron chi connectivity index (χ2n) is 6.89. The lowest BCUT2D eigenvalue weighted by Gasteiger charge is -2.29. The lowest BCUT2D eigenvalue weighted by molar-refractivity contribution is -0.123. The Morgan fingerprint density at radius 2 is 2.04 bits per heavy atom. The first kappa shape index (κ1) is 15.9. The van der Waals surface area contributed by atoms with Crippen molar-refractivity contribution in [1.29, 1.82) is 0 Å². The van der Waals surface area contributed by atoms with Gasteiger partial charge in [0.2, 0.25) is 5.91 Å². The van der Waals surface area contributed by atoms with Gasteiger partial charge in [0.25, 0.3) is 0 Å². The summed E-state index contributed by atoms with van der Waals surface area (Å²) in [5.74, 6) is 0.352. The number of rotatable bonds is 5. The fourth-order valence-electron chi connectivity index (χ4n) is 3.35. The van der Waals surface area contributed by atoms with E-state index in [-0.39, 0.29) is 12.5 Å². The van der Waals surface area contributed by atoms with Gasteiger partial charge in [-0.1, -0.05) is 18.2 Å². The van der Waals surface area contributed by atoms with Crippen LogP contribution < -0.4 is 5.32 Å². The maximum absolute atomic E-state index is 12.5. The SMILES string of the molecule is Cc1nc2ccccc2c(C)c1CC(=O)N[C@](C)(CO)C1CC1. The number of hydrogen-bond acceptors (Lipinski definition) is 3.